The van der Waals surface area contributed by atoms with Gasteiger partial charge in [-0.15, -0.1) is 11.3 Å². The molecule has 6 nitrogen and oxygen atoms in total. The van der Waals surface area contributed by atoms with E-state index in [1.165, 1.54) is 42.4 Å². The Morgan fingerprint density at radius 2 is 0.984 bits per heavy atom. The molecule has 0 unspecified atom stereocenters. The zero-order chi connectivity index (χ0) is 41.6. The topological polar surface area (TPSA) is 90.4 Å². The van der Waals surface area contributed by atoms with Gasteiger partial charge in [-0.25, -0.2) is 20.2 Å². The number of fused-ring (bicyclic) bond motifs is 9. The Morgan fingerprint density at radius 1 is 0.590 bits per heavy atom. The summed E-state index contributed by atoms with van der Waals surface area (Å²) in [5.41, 5.74) is 10.5. The molecule has 1 aromatic heterocycles. The van der Waals surface area contributed by atoms with Crippen molar-refractivity contribution in [2.75, 3.05) is 0 Å². The van der Waals surface area contributed by atoms with Crippen molar-refractivity contribution in [3.8, 4) is 12.1 Å². The number of rotatable bonds is 2. The molecule has 0 bridgehead atoms. The molecule has 4 aromatic carbocycles. The summed E-state index contributed by atoms with van der Waals surface area (Å²) in [6.45, 7) is 15.7. The van der Waals surface area contributed by atoms with E-state index >= 15 is 0 Å². The largest absolute Gasteiger partial charge is 0.289 e. The van der Waals surface area contributed by atoms with Gasteiger partial charge in [-0.1, -0.05) is 99.2 Å². The quantitative estimate of drug-likeness (QED) is 0.101. The lowest BCUT2D eigenvalue weighted by molar-refractivity contribution is 0.103. The third-order valence-electron chi connectivity index (χ3n) is 14.4. The number of carbonyl (C=O) groups is 2. The highest BCUT2D eigenvalue weighted by Crippen LogP contribution is 2.57. The van der Waals surface area contributed by atoms with E-state index in [-0.39, 0.29) is 33.8 Å². The van der Waals surface area contributed by atoms with Gasteiger partial charge in [0, 0.05) is 64.4 Å². The monoisotopic (exact) mass is 804 g/mol. The van der Waals surface area contributed by atoms with Crippen LogP contribution in [0.3, 0.4) is 0 Å². The van der Waals surface area contributed by atoms with E-state index in [0.717, 1.165) is 75.4 Å². The van der Waals surface area contributed by atoms with Crippen LogP contribution < -0.4 is 0 Å². The summed E-state index contributed by atoms with van der Waals surface area (Å²) in [6.07, 6.45) is 18.9. The van der Waals surface area contributed by atoms with Crippen LogP contribution in [0, 0.1) is 35.8 Å². The summed E-state index contributed by atoms with van der Waals surface area (Å²) < 4.78 is 2.41. The smallest absolute Gasteiger partial charge is 0.270 e. The number of carbonyl (C=O) groups excluding carboxylic acids is 2. The van der Waals surface area contributed by atoms with Crippen molar-refractivity contribution in [2.24, 2.45) is 0 Å². The van der Waals surface area contributed by atoms with Gasteiger partial charge in [-0.05, 0) is 107 Å². The first-order valence-electron chi connectivity index (χ1n) is 21.1. The number of benzene rings is 4. The summed E-state index contributed by atoms with van der Waals surface area (Å²) in [5, 5.41) is 22.5. The molecule has 6 aliphatic carbocycles. The van der Waals surface area contributed by atoms with Crippen LogP contribution in [0.1, 0.15) is 118 Å². The average molecular weight is 805 g/mol. The minimum absolute atomic E-state index is 0.0606. The first kappa shape index (κ1) is 36.9. The molecule has 1 heterocycles. The number of Topliss-reactive ketones (excluding diaryl/α,β-unsaturated/α-hetero) is 2. The van der Waals surface area contributed by atoms with E-state index in [9.17, 15) is 20.1 Å². The Labute approximate surface area is 358 Å². The zero-order valence-corrected chi connectivity index (χ0v) is 34.1. The van der Waals surface area contributed by atoms with Gasteiger partial charge < -0.3 is 0 Å². The fraction of sp³-hybridized carbons (Fsp3) is 0.222. The van der Waals surface area contributed by atoms with Crippen LogP contribution in [0.5, 0.6) is 0 Å². The minimum Gasteiger partial charge on any atom is -0.289 e. The Morgan fingerprint density at radius 3 is 1.36 bits per heavy atom. The van der Waals surface area contributed by atoms with Crippen LogP contribution in [0.25, 0.3) is 53.2 Å². The molecule has 2 saturated carbocycles. The first-order valence-corrected chi connectivity index (χ1v) is 21.9. The molecule has 6 aliphatic rings. The van der Waals surface area contributed by atoms with E-state index in [0.29, 0.717) is 44.5 Å². The van der Waals surface area contributed by atoms with Crippen LogP contribution in [0.15, 0.2) is 119 Å². The highest BCUT2D eigenvalue weighted by molar-refractivity contribution is 7.25. The molecule has 0 aliphatic heterocycles. The van der Waals surface area contributed by atoms with Crippen molar-refractivity contribution in [3.63, 3.8) is 0 Å². The Bertz CT molecular complexity index is 3030. The summed E-state index contributed by atoms with van der Waals surface area (Å²) in [4.78, 5) is 35.3. The Balaban J connectivity index is 1.06. The second-order valence-electron chi connectivity index (χ2n) is 17.2. The Hall–Kier alpha value is -7.16. The molecule has 0 radical (unpaired) electrons. The van der Waals surface area contributed by atoms with Crippen LogP contribution in [0.4, 0.5) is 0 Å². The maximum Gasteiger partial charge on any atom is 0.270 e. The van der Waals surface area contributed by atoms with Crippen LogP contribution >= 0.6 is 11.3 Å². The number of hydrogen-bond donors (Lipinski definition) is 0. The van der Waals surface area contributed by atoms with E-state index in [4.69, 9.17) is 13.1 Å². The molecular weight excluding hydrogens is 769 g/mol. The van der Waals surface area contributed by atoms with Crippen LogP contribution in [-0.4, -0.2) is 11.6 Å². The Kier molecular flexibility index (Phi) is 8.28. The van der Waals surface area contributed by atoms with E-state index in [1.807, 2.05) is 48.6 Å². The second kappa shape index (κ2) is 13.7. The fourth-order valence-corrected chi connectivity index (χ4v) is 12.8. The van der Waals surface area contributed by atoms with Crippen LogP contribution in [0.2, 0.25) is 0 Å². The zero-order valence-electron chi connectivity index (χ0n) is 33.3. The lowest BCUT2D eigenvalue weighted by Crippen LogP contribution is -2.29. The maximum absolute atomic E-state index is 14.1. The number of nitriles is 2. The number of ketones is 2. The standard InChI is InChI=1S/C54H36N4O2S/c1-57-45(29-55)49-35-13-5-7-15-37(35)51(59)41(49)25-33-21-31-23-47-39(27-43(31)53(33)17-9-3-10-18-53)40-28-44-32(24-48(40)61-47)22-34(54(44)19-11-4-12-20-54)26-42-50(46(30-56)58-2)36-14-6-8-16-38(36)52(42)60/h5-8,13-16,21-28H,3-4,9-12,17-20H2/b41-25-,42-26-,49-45-,50-46+. The molecule has 2 fully saturated rings. The molecule has 290 valence electrons. The molecule has 0 amide bonds. The normalized spacial score (nSPS) is 22.0. The predicted molar refractivity (Wildman–Crippen MR) is 241 cm³/mol. The lowest BCUT2D eigenvalue weighted by atomic mass is 9.66. The number of allylic oxidation sites excluding steroid dienone is 10. The summed E-state index contributed by atoms with van der Waals surface area (Å²) in [6, 6.07) is 28.3. The van der Waals surface area contributed by atoms with Gasteiger partial charge in [0.05, 0.1) is 25.3 Å². The summed E-state index contributed by atoms with van der Waals surface area (Å²) in [5.74, 6) is -0.284. The van der Waals surface area contributed by atoms with Crippen molar-refractivity contribution in [3.05, 3.63) is 186 Å². The van der Waals surface area contributed by atoms with E-state index < -0.39 is 0 Å². The molecule has 0 N–H and O–H groups in total. The third kappa shape index (κ3) is 5.15. The molecule has 5 aromatic rings. The molecule has 61 heavy (non-hydrogen) atoms. The molecule has 2 spiro atoms. The van der Waals surface area contributed by atoms with Crippen molar-refractivity contribution in [1.29, 1.82) is 10.5 Å². The van der Waals surface area contributed by atoms with Crippen molar-refractivity contribution in [2.45, 2.75) is 75.0 Å². The van der Waals surface area contributed by atoms with Crippen LogP contribution in [-0.2, 0) is 10.8 Å². The van der Waals surface area contributed by atoms with Gasteiger partial charge in [-0.2, -0.15) is 0 Å². The lowest BCUT2D eigenvalue weighted by Gasteiger charge is -2.37. The first-order chi connectivity index (χ1) is 29.8. The van der Waals surface area contributed by atoms with E-state index in [2.05, 4.69) is 58.2 Å². The highest BCUT2D eigenvalue weighted by atomic mass is 32.1. The average Bonchev–Trinajstić information content (AvgIpc) is 4.03. The van der Waals surface area contributed by atoms with Gasteiger partial charge in [-0.3, -0.25) is 9.59 Å². The van der Waals surface area contributed by atoms with Gasteiger partial charge in [0.25, 0.3) is 11.4 Å². The molecule has 0 saturated heterocycles. The fourth-order valence-electron chi connectivity index (χ4n) is 11.7. The van der Waals surface area contributed by atoms with Crippen molar-refractivity contribution >= 4 is 66.4 Å². The van der Waals surface area contributed by atoms with E-state index in [1.54, 1.807) is 23.5 Å². The van der Waals surface area contributed by atoms with Gasteiger partial charge in [0.2, 0.25) is 0 Å². The maximum atomic E-state index is 14.1. The van der Waals surface area contributed by atoms with Gasteiger partial charge in [0.15, 0.2) is 11.6 Å². The van der Waals surface area contributed by atoms with Crippen molar-refractivity contribution < 1.29 is 9.59 Å². The third-order valence-corrected chi connectivity index (χ3v) is 15.5. The predicted octanol–water partition coefficient (Wildman–Crippen LogP) is 13.2. The molecule has 11 rings (SSSR count). The highest BCUT2D eigenvalue weighted by Gasteiger charge is 2.45. The number of hydrogen-bond acceptors (Lipinski definition) is 5. The summed E-state index contributed by atoms with van der Waals surface area (Å²) in [7, 11) is 0. The van der Waals surface area contributed by atoms with Gasteiger partial charge in [0.1, 0.15) is 0 Å². The minimum atomic E-state index is -0.291. The molecular formula is C54H36N4O2S. The molecule has 7 heteroatoms. The number of nitrogens with zero attached hydrogens (tertiary/aromatic N) is 4. The SMILES string of the molecule is [C-]#[N+]/C(C#N)=C1\C(=C\C2=Cc3cc4sc5cc6c(cc5c4cc3C23CCCCC3)C2(CCCCC2)C(/C=C2\C(=O)c3ccccc3\C2=C(\C#N)[N+]#[C-])=C6)C(=O)c2ccccc21. The summed E-state index contributed by atoms with van der Waals surface area (Å²) >= 11 is 1.79. The number of thiophene rings is 1. The molecule has 0 atom stereocenters. The van der Waals surface area contributed by atoms with Crippen molar-refractivity contribution in [1.82, 2.24) is 0 Å². The second-order valence-corrected chi connectivity index (χ2v) is 18.3. The van der Waals surface area contributed by atoms with Gasteiger partial charge >= 0.3 is 0 Å².